The molecular formula is C16H11N3O4. The van der Waals surface area contributed by atoms with Crippen LogP contribution in [-0.2, 0) is 4.79 Å². The Morgan fingerprint density at radius 3 is 2.57 bits per heavy atom. The van der Waals surface area contributed by atoms with Gasteiger partial charge in [-0.05, 0) is 35.9 Å². The number of benzene rings is 2. The van der Waals surface area contributed by atoms with E-state index >= 15 is 0 Å². The average Bonchev–Trinajstić information content (AvgIpc) is 2.55. The summed E-state index contributed by atoms with van der Waals surface area (Å²) in [6, 6.07) is 13.1. The molecular weight excluding hydrogens is 298 g/mol. The molecule has 2 aromatic carbocycles. The van der Waals surface area contributed by atoms with E-state index < -0.39 is 10.8 Å². The zero-order valence-corrected chi connectivity index (χ0v) is 11.8. The highest BCUT2D eigenvalue weighted by Crippen LogP contribution is 2.17. The van der Waals surface area contributed by atoms with Crippen LogP contribution in [0.3, 0.4) is 0 Å². The Hall–Kier alpha value is -3.66. The minimum absolute atomic E-state index is 0.0515. The Balaban J connectivity index is 2.23. The van der Waals surface area contributed by atoms with E-state index in [1.165, 1.54) is 48.5 Å². The highest BCUT2D eigenvalue weighted by atomic mass is 16.6. The third-order valence-electron chi connectivity index (χ3n) is 2.88. The summed E-state index contributed by atoms with van der Waals surface area (Å²) in [5.41, 5.74) is 0.457. The summed E-state index contributed by atoms with van der Waals surface area (Å²) in [5.74, 6) is -0.597. The number of nitrogens with one attached hydrogen (secondary N) is 1. The van der Waals surface area contributed by atoms with Crippen molar-refractivity contribution < 1.29 is 14.8 Å². The Morgan fingerprint density at radius 2 is 1.96 bits per heavy atom. The van der Waals surface area contributed by atoms with Crippen molar-refractivity contribution in [3.05, 3.63) is 69.8 Å². The molecule has 2 N–H and O–H groups in total. The molecule has 0 heterocycles. The van der Waals surface area contributed by atoms with E-state index in [1.807, 2.05) is 0 Å². The lowest BCUT2D eigenvalue weighted by Gasteiger charge is -2.04. The van der Waals surface area contributed by atoms with E-state index in [9.17, 15) is 20.0 Å². The minimum Gasteiger partial charge on any atom is -0.508 e. The van der Waals surface area contributed by atoms with Gasteiger partial charge in [0.15, 0.2) is 0 Å². The number of hydrogen-bond acceptors (Lipinski definition) is 5. The van der Waals surface area contributed by atoms with Crippen molar-refractivity contribution in [2.24, 2.45) is 0 Å². The van der Waals surface area contributed by atoms with Crippen LogP contribution in [0, 0.1) is 21.4 Å². The fraction of sp³-hybridized carbons (Fsp3) is 0. The van der Waals surface area contributed by atoms with Gasteiger partial charge in [0, 0.05) is 17.8 Å². The van der Waals surface area contributed by atoms with Crippen molar-refractivity contribution in [3.8, 4) is 11.8 Å². The zero-order chi connectivity index (χ0) is 16.8. The largest absolute Gasteiger partial charge is 0.508 e. The first-order chi connectivity index (χ1) is 11.0. The molecule has 2 rings (SSSR count). The summed E-state index contributed by atoms with van der Waals surface area (Å²) in [6.07, 6.45) is 1.27. The van der Waals surface area contributed by atoms with Crippen LogP contribution in [0.5, 0.6) is 5.75 Å². The van der Waals surface area contributed by atoms with Crippen molar-refractivity contribution in [2.75, 3.05) is 5.32 Å². The number of carbonyl (C=O) groups is 1. The molecule has 0 spiro atoms. The fourth-order valence-corrected chi connectivity index (χ4v) is 1.79. The third-order valence-corrected chi connectivity index (χ3v) is 2.88. The van der Waals surface area contributed by atoms with Gasteiger partial charge in [-0.3, -0.25) is 14.9 Å². The molecule has 0 fully saturated rings. The fourth-order valence-electron chi connectivity index (χ4n) is 1.79. The van der Waals surface area contributed by atoms with Crippen molar-refractivity contribution in [2.45, 2.75) is 0 Å². The summed E-state index contributed by atoms with van der Waals surface area (Å²) < 4.78 is 0. The van der Waals surface area contributed by atoms with Crippen molar-refractivity contribution in [1.29, 1.82) is 5.26 Å². The maximum atomic E-state index is 12.1. The number of non-ortho nitro benzene ring substituents is 1. The van der Waals surface area contributed by atoms with Gasteiger partial charge in [-0.1, -0.05) is 12.1 Å². The van der Waals surface area contributed by atoms with Crippen LogP contribution in [0.15, 0.2) is 54.1 Å². The van der Waals surface area contributed by atoms with Crippen molar-refractivity contribution in [3.63, 3.8) is 0 Å². The lowest BCUT2D eigenvalue weighted by molar-refractivity contribution is -0.384. The van der Waals surface area contributed by atoms with E-state index in [1.54, 1.807) is 12.1 Å². The number of anilines is 1. The van der Waals surface area contributed by atoms with E-state index in [2.05, 4.69) is 5.32 Å². The summed E-state index contributed by atoms with van der Waals surface area (Å²) in [6.45, 7) is 0. The molecule has 1 amide bonds. The maximum absolute atomic E-state index is 12.1. The van der Waals surface area contributed by atoms with E-state index in [4.69, 9.17) is 5.26 Å². The molecule has 0 bridgehead atoms. The van der Waals surface area contributed by atoms with E-state index in [0.717, 1.165) is 0 Å². The molecule has 0 aliphatic rings. The van der Waals surface area contributed by atoms with Crippen LogP contribution >= 0.6 is 0 Å². The number of hydrogen-bond donors (Lipinski definition) is 2. The number of rotatable bonds is 4. The highest BCUT2D eigenvalue weighted by Gasteiger charge is 2.11. The van der Waals surface area contributed by atoms with E-state index in [0.29, 0.717) is 11.3 Å². The van der Waals surface area contributed by atoms with Crippen LogP contribution in [-0.4, -0.2) is 15.9 Å². The Kier molecular flexibility index (Phi) is 4.69. The van der Waals surface area contributed by atoms with Crippen LogP contribution in [0.4, 0.5) is 11.4 Å². The highest BCUT2D eigenvalue weighted by molar-refractivity contribution is 6.09. The lowest BCUT2D eigenvalue weighted by atomic mass is 10.1. The molecule has 7 nitrogen and oxygen atoms in total. The first-order valence-corrected chi connectivity index (χ1v) is 6.46. The van der Waals surface area contributed by atoms with E-state index in [-0.39, 0.29) is 17.0 Å². The Labute approximate surface area is 131 Å². The molecule has 7 heteroatoms. The maximum Gasteiger partial charge on any atom is 0.270 e. The van der Waals surface area contributed by atoms with Gasteiger partial charge in [0.2, 0.25) is 0 Å². The van der Waals surface area contributed by atoms with Gasteiger partial charge >= 0.3 is 0 Å². The summed E-state index contributed by atoms with van der Waals surface area (Å²) in [7, 11) is 0. The quantitative estimate of drug-likeness (QED) is 0.296. The summed E-state index contributed by atoms with van der Waals surface area (Å²) in [4.78, 5) is 22.2. The number of nitro benzene ring substituents is 1. The average molecular weight is 309 g/mol. The Morgan fingerprint density at radius 1 is 1.26 bits per heavy atom. The van der Waals surface area contributed by atoms with Gasteiger partial charge in [0.05, 0.1) is 4.92 Å². The molecule has 0 aliphatic heterocycles. The van der Waals surface area contributed by atoms with Crippen LogP contribution in [0.2, 0.25) is 0 Å². The van der Waals surface area contributed by atoms with Crippen molar-refractivity contribution >= 4 is 23.4 Å². The molecule has 0 aromatic heterocycles. The number of nitrogens with zero attached hydrogens (tertiary/aromatic N) is 2. The topological polar surface area (TPSA) is 116 Å². The number of nitriles is 1. The number of amides is 1. The number of phenols is 1. The SMILES string of the molecule is N#CC(=Cc1cccc([N+](=O)[O-])c1)C(=O)Nc1ccc(O)cc1. The normalized spacial score (nSPS) is 10.7. The zero-order valence-electron chi connectivity index (χ0n) is 11.8. The van der Waals surface area contributed by atoms with Gasteiger partial charge in [-0.2, -0.15) is 5.26 Å². The van der Waals surface area contributed by atoms with Gasteiger partial charge < -0.3 is 10.4 Å². The molecule has 0 saturated heterocycles. The second-order valence-corrected chi connectivity index (χ2v) is 4.52. The minimum atomic E-state index is -0.648. The summed E-state index contributed by atoms with van der Waals surface area (Å²) in [5, 5.41) is 31.5. The molecule has 23 heavy (non-hydrogen) atoms. The molecule has 0 radical (unpaired) electrons. The molecule has 0 atom stereocenters. The van der Waals surface area contributed by atoms with Gasteiger partial charge in [-0.15, -0.1) is 0 Å². The smallest absolute Gasteiger partial charge is 0.270 e. The second-order valence-electron chi connectivity index (χ2n) is 4.52. The van der Waals surface area contributed by atoms with Crippen LogP contribution in [0.1, 0.15) is 5.56 Å². The Bertz CT molecular complexity index is 820. The van der Waals surface area contributed by atoms with Gasteiger partial charge in [0.1, 0.15) is 17.4 Å². The molecule has 0 unspecified atom stereocenters. The number of carbonyl (C=O) groups excluding carboxylic acids is 1. The third kappa shape index (κ3) is 4.15. The monoisotopic (exact) mass is 309 g/mol. The lowest BCUT2D eigenvalue weighted by Crippen LogP contribution is -2.13. The number of aromatic hydroxyl groups is 1. The van der Waals surface area contributed by atoms with Gasteiger partial charge in [0.25, 0.3) is 11.6 Å². The van der Waals surface area contributed by atoms with Crippen molar-refractivity contribution in [1.82, 2.24) is 0 Å². The number of phenolic OH excluding ortho intramolecular Hbond substituents is 1. The molecule has 2 aromatic rings. The molecule has 0 aliphatic carbocycles. The first kappa shape index (κ1) is 15.7. The predicted octanol–water partition coefficient (Wildman–Crippen LogP) is 2.85. The predicted molar refractivity (Wildman–Crippen MR) is 83.4 cm³/mol. The standard InChI is InChI=1S/C16H11N3O4/c17-10-12(8-11-2-1-3-14(9-11)19(22)23)16(21)18-13-4-6-15(20)7-5-13/h1-9,20H,(H,18,21). The second kappa shape index (κ2) is 6.87. The van der Waals surface area contributed by atoms with Crippen LogP contribution in [0.25, 0.3) is 6.08 Å². The first-order valence-electron chi connectivity index (χ1n) is 6.46. The van der Waals surface area contributed by atoms with Gasteiger partial charge in [-0.25, -0.2) is 0 Å². The summed E-state index contributed by atoms with van der Waals surface area (Å²) >= 11 is 0. The molecule has 114 valence electrons. The van der Waals surface area contributed by atoms with Crippen LogP contribution < -0.4 is 5.32 Å². The molecule has 0 saturated carbocycles. The number of nitro groups is 1.